The van der Waals surface area contributed by atoms with Gasteiger partial charge in [0.2, 0.25) is 5.91 Å². The fourth-order valence-corrected chi connectivity index (χ4v) is 10.1. The van der Waals surface area contributed by atoms with Crippen LogP contribution in [0.15, 0.2) is 170 Å². The normalized spacial score (nSPS) is 20.9. The van der Waals surface area contributed by atoms with Gasteiger partial charge < -0.3 is 40.0 Å². The zero-order valence-electron chi connectivity index (χ0n) is 43.8. The van der Waals surface area contributed by atoms with E-state index >= 15 is 0 Å². The zero-order chi connectivity index (χ0) is 54.2. The molecule has 6 aromatic rings. The van der Waals surface area contributed by atoms with Gasteiger partial charge in [-0.15, -0.1) is 11.6 Å². The lowest BCUT2D eigenvalue weighted by Crippen LogP contribution is -2.66. The molecule has 78 heavy (non-hydrogen) atoms. The maximum atomic E-state index is 13.5. The van der Waals surface area contributed by atoms with Gasteiger partial charge in [-0.2, -0.15) is 0 Å². The summed E-state index contributed by atoms with van der Waals surface area (Å²) in [6.07, 6.45) is 7.28. The van der Waals surface area contributed by atoms with Crippen LogP contribution >= 0.6 is 11.6 Å². The quantitative estimate of drug-likeness (QED) is 0.0310. The van der Waals surface area contributed by atoms with Crippen molar-refractivity contribution < 1.29 is 42.7 Å². The topological polar surface area (TPSA) is 190 Å². The molecule has 16 nitrogen and oxygen atoms in total. The number of ether oxygens (including phenoxy) is 3. The Labute approximate surface area is 463 Å². The Kier molecular flexibility index (Phi) is 23.6. The van der Waals surface area contributed by atoms with Gasteiger partial charge in [-0.3, -0.25) is 19.3 Å². The molecule has 0 unspecified atom stereocenters. The molecule has 4 atom stereocenters. The van der Waals surface area contributed by atoms with E-state index in [1.165, 1.54) is 6.92 Å². The van der Waals surface area contributed by atoms with E-state index in [1.54, 1.807) is 43.6 Å². The molecule has 8 heterocycles. The number of alkyl halides is 1. The first-order valence-corrected chi connectivity index (χ1v) is 26.9. The minimum absolute atomic E-state index is 0. The van der Waals surface area contributed by atoms with Crippen molar-refractivity contribution in [2.75, 3.05) is 79.6 Å². The maximum absolute atomic E-state index is 13.5. The van der Waals surface area contributed by atoms with Crippen LogP contribution in [-0.4, -0.2) is 120 Å². The maximum Gasteiger partial charge on any atom is 0.333 e. The molecule has 0 spiro atoms. The summed E-state index contributed by atoms with van der Waals surface area (Å²) in [5.74, 6) is 0.916. The van der Waals surface area contributed by atoms with E-state index in [2.05, 4.69) is 40.9 Å². The van der Waals surface area contributed by atoms with Gasteiger partial charge in [0.15, 0.2) is 24.7 Å². The van der Waals surface area contributed by atoms with Crippen LogP contribution < -0.4 is 21.3 Å². The standard InChI is InChI=1S/C28H30N4O3.C21H24N2O2.C7H7ClN2O.C4H8O2.CH4/c33-26(31-25-13-7-8-16-29-25)20-32-17-14-21(15-18-32)24(19-32)35-28(34)27(22-9-3-1-4-10-22)30-23-11-5-2-6-12-23;24-21(25-19-15-23-13-11-16(19)12-14-23)20(17-7-3-1-4-8-17)22-18-9-5-2-6-10-18;8-5-7(11)10-6-3-1-2-4-9-6;1-3-6-4(2)5;/h1-13,16,21,24,27,30H,14-15,17-20H2;1-10,16,19-20,22H,11-15H2;1-4H,5H2,(H,9,10,11);3H2,1-2H3;1H4/p+1/t21?,24-,27+,32?;19-,20+;;;/m00.../s1. The van der Waals surface area contributed by atoms with Crippen molar-refractivity contribution in [3.63, 3.8) is 0 Å². The van der Waals surface area contributed by atoms with E-state index in [9.17, 15) is 24.0 Å². The fourth-order valence-electron chi connectivity index (χ4n) is 10.0. The number of hydrogen-bond donors (Lipinski definition) is 4. The van der Waals surface area contributed by atoms with Crippen molar-refractivity contribution in [1.29, 1.82) is 0 Å². The number of carbonyl (C=O) groups is 5. The van der Waals surface area contributed by atoms with E-state index in [4.69, 9.17) is 21.1 Å². The summed E-state index contributed by atoms with van der Waals surface area (Å²) in [7, 11) is 0. The van der Waals surface area contributed by atoms with Crippen LogP contribution in [0.1, 0.15) is 70.2 Å². The smallest absolute Gasteiger partial charge is 0.333 e. The number of nitrogens with zero attached hydrogens (tertiary/aromatic N) is 4. The third-order valence-corrected chi connectivity index (χ3v) is 14.1. The second-order valence-corrected chi connectivity index (χ2v) is 19.6. The number of para-hydroxylation sites is 2. The molecular weight excluding hydrogens is 1010 g/mol. The monoisotopic (exact) mass is 1080 g/mol. The van der Waals surface area contributed by atoms with Crippen molar-refractivity contribution in [3.05, 3.63) is 181 Å². The number of fused-ring (bicyclic) bond motifs is 6. The van der Waals surface area contributed by atoms with Crippen molar-refractivity contribution in [3.8, 4) is 0 Å². The van der Waals surface area contributed by atoms with Gasteiger partial charge in [0.05, 0.1) is 19.7 Å². The Bertz CT molecular complexity index is 2740. The Morgan fingerprint density at radius 3 is 1.44 bits per heavy atom. The summed E-state index contributed by atoms with van der Waals surface area (Å²) in [5, 5.41) is 12.1. The Balaban J connectivity index is 0.000000198. The molecule has 0 saturated carbocycles. The average molecular weight is 1080 g/mol. The Morgan fingerprint density at radius 1 is 0.603 bits per heavy atom. The van der Waals surface area contributed by atoms with Gasteiger partial charge in [-0.25, -0.2) is 19.6 Å². The number of rotatable bonds is 16. The van der Waals surface area contributed by atoms with Gasteiger partial charge in [-0.05, 0) is 98.4 Å². The first-order chi connectivity index (χ1) is 37.5. The zero-order valence-corrected chi connectivity index (χ0v) is 44.5. The second kappa shape index (κ2) is 30.9. The first kappa shape index (κ1) is 59.6. The number of benzene rings is 4. The number of hydrogen-bond acceptors (Lipinski definition) is 13. The number of anilines is 4. The van der Waals surface area contributed by atoms with E-state index in [0.717, 1.165) is 80.9 Å². The number of amides is 2. The SMILES string of the molecule is C.CCOC(C)=O.O=C(CCl)Nc1ccccn1.O=C(C[N+]12CCC(CC1)[C@@H](OC(=O)[C@H](Nc1ccccc1)c1ccccc1)C2)Nc1ccccn1.O=C(O[C@H]1CN2CCC1CC2)[C@H](Nc1ccccc1)c1ccccc1. The molecule has 0 radical (unpaired) electrons. The number of pyridine rings is 2. The Hall–Kier alpha value is -7.66. The predicted octanol–water partition coefficient (Wildman–Crippen LogP) is 9.97. The molecule has 6 saturated heterocycles. The van der Waals surface area contributed by atoms with Crippen LogP contribution in [0.4, 0.5) is 23.0 Å². The number of halogens is 1. The number of esters is 3. The van der Waals surface area contributed by atoms with Crippen LogP contribution in [0, 0.1) is 11.8 Å². The number of quaternary nitrogens is 1. The third kappa shape index (κ3) is 18.5. The summed E-state index contributed by atoms with van der Waals surface area (Å²) >= 11 is 5.26. The van der Waals surface area contributed by atoms with Gasteiger partial charge in [0.25, 0.3) is 5.91 Å². The summed E-state index contributed by atoms with van der Waals surface area (Å²) in [6, 6.07) is 48.6. The molecule has 17 heteroatoms. The molecular formula is C61H74ClN8O8+. The van der Waals surface area contributed by atoms with Crippen LogP contribution in [-0.2, 0) is 38.2 Å². The van der Waals surface area contributed by atoms with Crippen molar-refractivity contribution >= 4 is 64.3 Å². The second-order valence-electron chi connectivity index (χ2n) is 19.3. The van der Waals surface area contributed by atoms with E-state index in [1.807, 2.05) is 133 Å². The minimum Gasteiger partial charge on any atom is -0.466 e. The summed E-state index contributed by atoms with van der Waals surface area (Å²) in [6.45, 7) is 9.70. The highest BCUT2D eigenvalue weighted by Gasteiger charge is 2.49. The van der Waals surface area contributed by atoms with Crippen molar-refractivity contribution in [2.45, 2.75) is 71.2 Å². The third-order valence-electron chi connectivity index (χ3n) is 13.9. The molecule has 6 aliphatic heterocycles. The molecule has 12 rings (SSSR count). The molecule has 6 aliphatic rings. The lowest BCUT2D eigenvalue weighted by atomic mass is 9.83. The molecule has 0 aliphatic carbocycles. The largest absolute Gasteiger partial charge is 0.466 e. The summed E-state index contributed by atoms with van der Waals surface area (Å²) < 4.78 is 17.2. The highest BCUT2D eigenvalue weighted by molar-refractivity contribution is 6.29. The molecule has 4 aromatic carbocycles. The predicted molar refractivity (Wildman–Crippen MR) is 305 cm³/mol. The fraction of sp³-hybridized carbons (Fsp3) is 0.361. The molecule has 412 valence electrons. The molecule has 2 amide bonds. The first-order valence-electron chi connectivity index (χ1n) is 26.3. The highest BCUT2D eigenvalue weighted by Crippen LogP contribution is 2.37. The number of aromatic nitrogens is 2. The highest BCUT2D eigenvalue weighted by atomic mass is 35.5. The van der Waals surface area contributed by atoms with Crippen LogP contribution in [0.3, 0.4) is 0 Å². The lowest BCUT2D eigenvalue weighted by molar-refractivity contribution is -0.938. The van der Waals surface area contributed by atoms with Gasteiger partial charge in [0.1, 0.15) is 30.2 Å². The molecule has 6 fully saturated rings. The van der Waals surface area contributed by atoms with Gasteiger partial charge in [0, 0.05) is 56.0 Å². The number of nitrogens with one attached hydrogen (secondary N) is 4. The van der Waals surface area contributed by atoms with Crippen LogP contribution in [0.25, 0.3) is 0 Å². The van der Waals surface area contributed by atoms with Crippen LogP contribution in [0.2, 0.25) is 0 Å². The molecule has 4 N–H and O–H groups in total. The molecule has 2 aromatic heterocycles. The van der Waals surface area contributed by atoms with Crippen molar-refractivity contribution in [1.82, 2.24) is 14.9 Å². The molecule has 4 bridgehead atoms. The van der Waals surface area contributed by atoms with Gasteiger partial charge in [-0.1, -0.05) is 117 Å². The average Bonchev–Trinajstić information content (AvgIpc) is 3.47. The van der Waals surface area contributed by atoms with E-state index in [0.29, 0.717) is 47.7 Å². The van der Waals surface area contributed by atoms with Crippen LogP contribution in [0.5, 0.6) is 0 Å². The van der Waals surface area contributed by atoms with Gasteiger partial charge >= 0.3 is 17.9 Å². The van der Waals surface area contributed by atoms with Crippen molar-refractivity contribution in [2.24, 2.45) is 11.8 Å². The number of carbonyl (C=O) groups excluding carboxylic acids is 5. The van der Waals surface area contributed by atoms with E-state index < -0.39 is 12.1 Å². The number of piperidine rings is 6. The Morgan fingerprint density at radius 2 is 1.04 bits per heavy atom. The summed E-state index contributed by atoms with van der Waals surface area (Å²) in [4.78, 5) is 70.3. The summed E-state index contributed by atoms with van der Waals surface area (Å²) in [5.41, 5.74) is 3.57. The minimum atomic E-state index is -0.602. The van der Waals surface area contributed by atoms with E-state index in [-0.39, 0.29) is 55.2 Å². The lowest BCUT2D eigenvalue weighted by Gasteiger charge is -2.51.